The number of para-hydroxylation sites is 3. The van der Waals surface area contributed by atoms with Gasteiger partial charge in [0.05, 0.1) is 22.1 Å². The lowest BCUT2D eigenvalue weighted by atomic mass is 9.98. The summed E-state index contributed by atoms with van der Waals surface area (Å²) in [5, 5.41) is 5.00. The van der Waals surface area contributed by atoms with Gasteiger partial charge in [-0.25, -0.2) is 0 Å². The van der Waals surface area contributed by atoms with Crippen LogP contribution in [0.4, 0.5) is 17.1 Å². The van der Waals surface area contributed by atoms with Crippen LogP contribution in [0.2, 0.25) is 0 Å². The molecule has 0 atom stereocenters. The predicted molar refractivity (Wildman–Crippen MR) is 342 cm³/mol. The third-order valence-electron chi connectivity index (χ3n) is 16.2. The van der Waals surface area contributed by atoms with Crippen molar-refractivity contribution in [2.45, 2.75) is 0 Å². The number of fused-ring (bicyclic) bond motifs is 6. The second kappa shape index (κ2) is 20.2. The molecule has 0 amide bonds. The summed E-state index contributed by atoms with van der Waals surface area (Å²) in [6.45, 7) is 0. The monoisotopic (exact) mass is 1030 g/mol. The summed E-state index contributed by atoms with van der Waals surface area (Å²) in [4.78, 5) is 2.35. The Morgan fingerprint density at radius 3 is 0.741 bits per heavy atom. The van der Waals surface area contributed by atoms with Crippen molar-refractivity contribution < 1.29 is 0 Å². The first-order valence-corrected chi connectivity index (χ1v) is 27.8. The van der Waals surface area contributed by atoms with Crippen LogP contribution in [0.1, 0.15) is 0 Å². The lowest BCUT2D eigenvalue weighted by Crippen LogP contribution is -2.09. The Bertz CT molecular complexity index is 4530. The number of rotatable bonds is 11. The molecule has 13 aromatic carbocycles. The molecule has 380 valence electrons. The minimum Gasteiger partial charge on any atom is -0.311 e. The molecule has 2 aromatic heterocycles. The van der Waals surface area contributed by atoms with Crippen LogP contribution in [0.3, 0.4) is 0 Å². The molecule has 3 nitrogen and oxygen atoms in total. The Kier molecular flexibility index (Phi) is 11.9. The summed E-state index contributed by atoms with van der Waals surface area (Å²) < 4.78 is 4.78. The van der Waals surface area contributed by atoms with E-state index in [0.29, 0.717) is 0 Å². The van der Waals surface area contributed by atoms with Gasteiger partial charge in [-0.1, -0.05) is 231 Å². The van der Waals surface area contributed by atoms with E-state index < -0.39 is 0 Å². The number of hydrogen-bond donors (Lipinski definition) is 0. The topological polar surface area (TPSA) is 13.1 Å². The van der Waals surface area contributed by atoms with Gasteiger partial charge in [0, 0.05) is 50.0 Å². The van der Waals surface area contributed by atoms with Gasteiger partial charge in [0.25, 0.3) is 0 Å². The van der Waals surface area contributed by atoms with Gasteiger partial charge >= 0.3 is 0 Å². The third-order valence-corrected chi connectivity index (χ3v) is 16.2. The molecule has 15 aromatic rings. The largest absolute Gasteiger partial charge is 0.311 e. The maximum absolute atomic E-state index is 2.40. The fourth-order valence-electron chi connectivity index (χ4n) is 12.1. The minimum absolute atomic E-state index is 1.09. The summed E-state index contributed by atoms with van der Waals surface area (Å²) in [6.07, 6.45) is 0. The molecule has 2 heterocycles. The highest BCUT2D eigenvalue weighted by Gasteiger charge is 2.18. The number of benzene rings is 13. The van der Waals surface area contributed by atoms with Crippen molar-refractivity contribution in [2.75, 3.05) is 4.90 Å². The molecule has 0 unspecified atom stereocenters. The SMILES string of the molecule is c1ccc(-c2ccc(-c3ccc(N(c4ccc(-c5ccc(-c6ccccc6)cc5)cc4)c4ccc(-c5ccc(-c6ccc7c(c6)c6ccccc6n7-c6ccc(-n7c8ccccc8c8ccccc87)cc6)cc5)cc4)cc3)cc2)cc1. The van der Waals surface area contributed by atoms with Gasteiger partial charge in [-0.15, -0.1) is 0 Å². The maximum Gasteiger partial charge on any atom is 0.0541 e. The van der Waals surface area contributed by atoms with Crippen LogP contribution in [-0.2, 0) is 0 Å². The quantitative estimate of drug-likeness (QED) is 0.126. The van der Waals surface area contributed by atoms with Crippen molar-refractivity contribution in [3.05, 3.63) is 322 Å². The highest BCUT2D eigenvalue weighted by atomic mass is 15.1. The van der Waals surface area contributed by atoms with E-state index in [0.717, 1.165) is 34.0 Å². The van der Waals surface area contributed by atoms with Crippen LogP contribution in [0, 0.1) is 0 Å². The Morgan fingerprint density at radius 1 is 0.173 bits per heavy atom. The summed E-state index contributed by atoms with van der Waals surface area (Å²) in [6, 6.07) is 117. The molecule has 15 rings (SSSR count). The Hall–Kier alpha value is -10.7. The first-order valence-electron chi connectivity index (χ1n) is 27.8. The van der Waals surface area contributed by atoms with Gasteiger partial charge in [0.15, 0.2) is 0 Å². The molecule has 0 aliphatic rings. The van der Waals surface area contributed by atoms with Gasteiger partial charge in [-0.05, 0) is 158 Å². The fraction of sp³-hybridized carbons (Fsp3) is 0. The van der Waals surface area contributed by atoms with E-state index >= 15 is 0 Å². The van der Waals surface area contributed by atoms with E-state index in [1.54, 1.807) is 0 Å². The smallest absolute Gasteiger partial charge is 0.0541 e. The number of hydrogen-bond acceptors (Lipinski definition) is 1. The van der Waals surface area contributed by atoms with Gasteiger partial charge in [0.2, 0.25) is 0 Å². The highest BCUT2D eigenvalue weighted by Crippen LogP contribution is 2.41. The first kappa shape index (κ1) is 47.5. The van der Waals surface area contributed by atoms with E-state index in [1.165, 1.54) is 105 Å². The molecule has 0 spiro atoms. The van der Waals surface area contributed by atoms with E-state index in [4.69, 9.17) is 0 Å². The van der Waals surface area contributed by atoms with E-state index in [9.17, 15) is 0 Å². The zero-order valence-electron chi connectivity index (χ0n) is 44.4. The average molecular weight is 1030 g/mol. The summed E-state index contributed by atoms with van der Waals surface area (Å²) in [5.74, 6) is 0. The molecule has 0 saturated carbocycles. The van der Waals surface area contributed by atoms with Crippen molar-refractivity contribution in [3.8, 4) is 78.1 Å². The second-order valence-electron chi connectivity index (χ2n) is 20.9. The Morgan fingerprint density at radius 2 is 0.407 bits per heavy atom. The molecule has 0 radical (unpaired) electrons. The van der Waals surface area contributed by atoms with Crippen LogP contribution in [0.25, 0.3) is 122 Å². The van der Waals surface area contributed by atoms with Gasteiger partial charge in [-0.2, -0.15) is 0 Å². The number of aromatic nitrogens is 2. The van der Waals surface area contributed by atoms with Crippen LogP contribution >= 0.6 is 0 Å². The zero-order chi connectivity index (χ0) is 53.6. The van der Waals surface area contributed by atoms with Gasteiger partial charge in [-0.3, -0.25) is 0 Å². The van der Waals surface area contributed by atoms with Crippen molar-refractivity contribution in [2.24, 2.45) is 0 Å². The van der Waals surface area contributed by atoms with Crippen LogP contribution < -0.4 is 4.90 Å². The average Bonchev–Trinajstić information content (AvgIpc) is 4.20. The molecule has 81 heavy (non-hydrogen) atoms. The summed E-state index contributed by atoms with van der Waals surface area (Å²) in [5.41, 5.74) is 24.6. The Labute approximate surface area is 471 Å². The first-order chi connectivity index (χ1) is 40.1. The summed E-state index contributed by atoms with van der Waals surface area (Å²) in [7, 11) is 0. The molecule has 0 bridgehead atoms. The van der Waals surface area contributed by atoms with Crippen molar-refractivity contribution in [1.82, 2.24) is 9.13 Å². The van der Waals surface area contributed by atoms with Gasteiger partial charge in [0.1, 0.15) is 0 Å². The third kappa shape index (κ3) is 8.75. The number of anilines is 3. The zero-order valence-corrected chi connectivity index (χ0v) is 44.4. The van der Waals surface area contributed by atoms with Crippen LogP contribution in [0.5, 0.6) is 0 Å². The van der Waals surface area contributed by atoms with Crippen molar-refractivity contribution >= 4 is 60.7 Å². The summed E-state index contributed by atoms with van der Waals surface area (Å²) >= 11 is 0. The maximum atomic E-state index is 2.40. The predicted octanol–water partition coefficient (Wildman–Crippen LogP) is 21.4. The lowest BCUT2D eigenvalue weighted by molar-refractivity contribution is 1.14. The Balaban J connectivity index is 0.714. The van der Waals surface area contributed by atoms with Crippen molar-refractivity contribution in [1.29, 1.82) is 0 Å². The molecule has 0 aliphatic carbocycles. The molecule has 0 saturated heterocycles. The lowest BCUT2D eigenvalue weighted by Gasteiger charge is -2.26. The van der Waals surface area contributed by atoms with Crippen LogP contribution in [-0.4, -0.2) is 9.13 Å². The fourth-order valence-corrected chi connectivity index (χ4v) is 12.1. The molecular weight excluding hydrogens is 979 g/mol. The highest BCUT2D eigenvalue weighted by molar-refractivity contribution is 6.11. The molecule has 3 heteroatoms. The number of nitrogens with zero attached hydrogens (tertiary/aromatic N) is 3. The standard InChI is InChI=1S/C78H53N3/c1-3-13-54(14-4-1)56-23-27-58(28-24-56)61-35-42-66(43-36-61)79(67-44-37-62(38-45-67)59-29-25-57(26-30-59)55-15-5-2-6-16-55)68-46-39-63(40-47-68)60-31-33-64(34-32-60)65-41-52-78-74(53-65)73-19-9-12-22-77(73)81(78)70-50-48-69(49-51-70)80-75-20-10-7-17-71(75)72-18-8-11-21-76(72)80/h1-53H. The normalized spacial score (nSPS) is 11.5. The van der Waals surface area contributed by atoms with Crippen molar-refractivity contribution in [3.63, 3.8) is 0 Å². The molecule has 0 N–H and O–H groups in total. The molecule has 0 aliphatic heterocycles. The minimum atomic E-state index is 1.09. The van der Waals surface area contributed by atoms with Gasteiger partial charge < -0.3 is 14.0 Å². The van der Waals surface area contributed by atoms with E-state index in [2.05, 4.69) is 336 Å². The molecule has 0 fully saturated rings. The van der Waals surface area contributed by atoms with E-state index in [-0.39, 0.29) is 0 Å². The second-order valence-corrected chi connectivity index (χ2v) is 20.9. The van der Waals surface area contributed by atoms with E-state index in [1.807, 2.05) is 0 Å². The molecular formula is C78H53N3. The van der Waals surface area contributed by atoms with Crippen LogP contribution in [0.15, 0.2) is 322 Å².